The number of amides is 1. The Morgan fingerprint density at radius 1 is 0.868 bits per heavy atom. The van der Waals surface area contributed by atoms with E-state index in [2.05, 4.69) is 10.3 Å². The first kappa shape index (κ1) is 25.0. The average molecular weight is 546 g/mol. The quantitative estimate of drug-likeness (QED) is 0.165. The lowest BCUT2D eigenvalue weighted by atomic mass is 9.95. The maximum absolute atomic E-state index is 12.8. The number of hydrogen-bond acceptors (Lipinski definition) is 6. The second-order valence-electron chi connectivity index (χ2n) is 8.12. The molecule has 1 amide bonds. The number of rotatable bonds is 6. The van der Waals surface area contributed by atoms with E-state index in [1.165, 1.54) is 12.1 Å². The van der Waals surface area contributed by atoms with Gasteiger partial charge in [0.2, 0.25) is 0 Å². The third-order valence-electron chi connectivity index (χ3n) is 5.74. The molecule has 38 heavy (non-hydrogen) atoms. The first-order chi connectivity index (χ1) is 18.3. The van der Waals surface area contributed by atoms with E-state index < -0.39 is 10.8 Å². The summed E-state index contributed by atoms with van der Waals surface area (Å²) in [5.41, 5.74) is 2.11. The number of halogens is 2. The van der Waals surface area contributed by atoms with Crippen LogP contribution in [0.1, 0.15) is 10.4 Å². The van der Waals surface area contributed by atoms with Gasteiger partial charge in [0.1, 0.15) is 11.4 Å². The second-order valence-corrected chi connectivity index (χ2v) is 8.93. The molecule has 0 saturated heterocycles. The molecular weight excluding hydrogens is 529 g/mol. The molecule has 0 bridgehead atoms. The molecule has 0 radical (unpaired) electrons. The van der Waals surface area contributed by atoms with Crippen LogP contribution in [0.4, 0.5) is 11.7 Å². The number of phenolic OH excluding ortho intramolecular Hbond substituents is 1. The smallest absolute Gasteiger partial charge is 0.302 e. The van der Waals surface area contributed by atoms with Crippen LogP contribution in [0, 0.1) is 10.1 Å². The number of hydrogen-bond donors (Lipinski definition) is 2. The highest BCUT2D eigenvalue weighted by Gasteiger charge is 2.25. The summed E-state index contributed by atoms with van der Waals surface area (Å²) in [5.74, 6) is -0.505. The number of aromatic nitrogens is 1. The van der Waals surface area contributed by atoms with Gasteiger partial charge in [-0.2, -0.15) is 4.98 Å². The molecule has 2 N–H and O–H groups in total. The fourth-order valence-electron chi connectivity index (χ4n) is 3.99. The lowest BCUT2D eigenvalue weighted by Gasteiger charge is -2.11. The van der Waals surface area contributed by atoms with Gasteiger partial charge in [-0.05, 0) is 35.9 Å². The zero-order chi connectivity index (χ0) is 26.8. The highest BCUT2D eigenvalue weighted by Crippen LogP contribution is 2.45. The van der Waals surface area contributed by atoms with Gasteiger partial charge in [-0.1, -0.05) is 71.7 Å². The van der Waals surface area contributed by atoms with Gasteiger partial charge in [0.25, 0.3) is 11.6 Å². The Kier molecular flexibility index (Phi) is 6.83. The van der Waals surface area contributed by atoms with Crippen LogP contribution in [0.15, 0.2) is 95.4 Å². The minimum atomic E-state index is -0.592. The number of carbonyl (C=O) groups is 1. The van der Waals surface area contributed by atoms with Crippen LogP contribution in [0.5, 0.6) is 5.75 Å². The van der Waals surface area contributed by atoms with Gasteiger partial charge in [-0.25, -0.2) is 0 Å². The van der Waals surface area contributed by atoms with E-state index in [1.807, 2.05) is 0 Å². The summed E-state index contributed by atoms with van der Waals surface area (Å²) in [4.78, 5) is 27.9. The SMILES string of the molecule is O=C(Nc1nc(-c2c(Cl)cccc2Cl)c(-c2ccccc2-c2ccc([N+](=O)[O-])cc2O)o1)c1ccccc1. The Hall–Kier alpha value is -4.66. The number of aromatic hydroxyl groups is 1. The number of nitrogens with one attached hydrogen (secondary N) is 1. The van der Waals surface area contributed by atoms with Crippen LogP contribution in [-0.2, 0) is 0 Å². The number of nitro groups is 1. The lowest BCUT2D eigenvalue weighted by Crippen LogP contribution is -2.11. The topological polar surface area (TPSA) is 118 Å². The van der Waals surface area contributed by atoms with Crippen molar-refractivity contribution < 1.29 is 19.2 Å². The summed E-state index contributed by atoms with van der Waals surface area (Å²) >= 11 is 13.0. The number of carbonyl (C=O) groups excluding carboxylic acids is 1. The molecule has 5 rings (SSSR count). The van der Waals surface area contributed by atoms with Crippen molar-refractivity contribution in [2.45, 2.75) is 0 Å². The summed E-state index contributed by atoms with van der Waals surface area (Å²) in [6, 6.07) is 24.2. The Balaban J connectivity index is 1.68. The molecule has 188 valence electrons. The molecule has 0 saturated carbocycles. The number of anilines is 1. The lowest BCUT2D eigenvalue weighted by molar-refractivity contribution is -0.384. The molecule has 5 aromatic rings. The number of non-ortho nitro benzene ring substituents is 1. The van der Waals surface area contributed by atoms with Crippen LogP contribution in [0.25, 0.3) is 33.7 Å². The normalized spacial score (nSPS) is 10.8. The van der Waals surface area contributed by atoms with Crippen molar-refractivity contribution in [3.63, 3.8) is 0 Å². The fraction of sp³-hybridized carbons (Fsp3) is 0. The van der Waals surface area contributed by atoms with Crippen molar-refractivity contribution in [1.82, 2.24) is 4.98 Å². The van der Waals surface area contributed by atoms with Gasteiger partial charge in [0.15, 0.2) is 5.76 Å². The van der Waals surface area contributed by atoms with E-state index in [0.29, 0.717) is 37.9 Å². The summed E-state index contributed by atoms with van der Waals surface area (Å²) in [6.45, 7) is 0. The number of benzene rings is 4. The largest absolute Gasteiger partial charge is 0.507 e. The van der Waals surface area contributed by atoms with Crippen molar-refractivity contribution in [3.8, 4) is 39.5 Å². The van der Waals surface area contributed by atoms with Crippen molar-refractivity contribution >= 4 is 40.8 Å². The Bertz CT molecular complexity index is 1670. The number of nitrogens with zero attached hydrogens (tertiary/aromatic N) is 2. The second kappa shape index (κ2) is 10.4. The highest BCUT2D eigenvalue weighted by atomic mass is 35.5. The van der Waals surface area contributed by atoms with Gasteiger partial charge in [-0.15, -0.1) is 0 Å². The van der Waals surface area contributed by atoms with Crippen LogP contribution < -0.4 is 5.32 Å². The number of oxazole rings is 1. The summed E-state index contributed by atoms with van der Waals surface area (Å²) in [7, 11) is 0. The number of nitro benzene ring substituents is 1. The summed E-state index contributed by atoms with van der Waals surface area (Å²) in [6.07, 6.45) is 0. The van der Waals surface area contributed by atoms with Gasteiger partial charge >= 0.3 is 6.01 Å². The van der Waals surface area contributed by atoms with E-state index in [9.17, 15) is 20.0 Å². The molecule has 1 heterocycles. The van der Waals surface area contributed by atoms with E-state index in [-0.39, 0.29) is 28.9 Å². The van der Waals surface area contributed by atoms with Crippen molar-refractivity contribution in [2.75, 3.05) is 5.32 Å². The molecule has 0 fully saturated rings. The highest BCUT2D eigenvalue weighted by molar-refractivity contribution is 6.39. The summed E-state index contributed by atoms with van der Waals surface area (Å²) in [5, 5.41) is 25.1. The molecule has 10 heteroatoms. The van der Waals surface area contributed by atoms with E-state index in [0.717, 1.165) is 6.07 Å². The van der Waals surface area contributed by atoms with Gasteiger partial charge in [0.05, 0.1) is 21.0 Å². The van der Waals surface area contributed by atoms with Crippen molar-refractivity contribution in [2.24, 2.45) is 0 Å². The van der Waals surface area contributed by atoms with Crippen LogP contribution >= 0.6 is 23.2 Å². The van der Waals surface area contributed by atoms with Crippen molar-refractivity contribution in [3.05, 3.63) is 117 Å². The third kappa shape index (κ3) is 4.82. The third-order valence-corrected chi connectivity index (χ3v) is 6.37. The average Bonchev–Trinajstić information content (AvgIpc) is 3.32. The van der Waals surface area contributed by atoms with Crippen LogP contribution in [0.3, 0.4) is 0 Å². The molecule has 0 aliphatic heterocycles. The predicted octanol–water partition coefficient (Wildman–Crippen LogP) is 7.85. The van der Waals surface area contributed by atoms with Crippen LogP contribution in [0.2, 0.25) is 10.0 Å². The molecule has 0 unspecified atom stereocenters. The Labute approximate surface area is 226 Å². The standard InChI is InChI=1S/C28H17Cl2N3O5/c29-21-11-6-12-22(30)24(21)25-26(38-28(31-25)32-27(35)16-7-2-1-3-8-16)20-10-5-4-9-18(20)19-14-13-17(33(36)37)15-23(19)34/h1-15,34H,(H,31,32,35). The molecule has 0 atom stereocenters. The van der Waals surface area contributed by atoms with Gasteiger partial charge < -0.3 is 9.52 Å². The van der Waals surface area contributed by atoms with E-state index in [4.69, 9.17) is 27.6 Å². The molecule has 4 aromatic carbocycles. The van der Waals surface area contributed by atoms with Crippen molar-refractivity contribution in [1.29, 1.82) is 0 Å². The molecule has 1 aromatic heterocycles. The minimum absolute atomic E-state index is 0.0948. The predicted molar refractivity (Wildman–Crippen MR) is 146 cm³/mol. The van der Waals surface area contributed by atoms with E-state index in [1.54, 1.807) is 72.8 Å². The molecular formula is C28H17Cl2N3O5. The first-order valence-corrected chi connectivity index (χ1v) is 12.0. The zero-order valence-corrected chi connectivity index (χ0v) is 20.9. The Morgan fingerprint density at radius 2 is 1.53 bits per heavy atom. The minimum Gasteiger partial charge on any atom is -0.507 e. The van der Waals surface area contributed by atoms with E-state index >= 15 is 0 Å². The maximum Gasteiger partial charge on any atom is 0.302 e. The Morgan fingerprint density at radius 3 is 2.18 bits per heavy atom. The molecule has 0 spiro atoms. The fourth-order valence-corrected chi connectivity index (χ4v) is 4.56. The zero-order valence-electron chi connectivity index (χ0n) is 19.4. The number of phenols is 1. The summed E-state index contributed by atoms with van der Waals surface area (Å²) < 4.78 is 6.07. The monoisotopic (exact) mass is 545 g/mol. The molecule has 8 nitrogen and oxygen atoms in total. The molecule has 0 aliphatic rings. The van der Waals surface area contributed by atoms with Gasteiger partial charge in [-0.3, -0.25) is 20.2 Å². The van der Waals surface area contributed by atoms with Crippen LogP contribution in [-0.4, -0.2) is 20.9 Å². The first-order valence-electron chi connectivity index (χ1n) is 11.2. The maximum atomic E-state index is 12.8. The molecule has 0 aliphatic carbocycles. The van der Waals surface area contributed by atoms with Gasteiger partial charge in [0, 0.05) is 28.3 Å².